The number of aryl methyl sites for hydroxylation is 1. The third-order valence-corrected chi connectivity index (χ3v) is 6.23. The Kier molecular flexibility index (Phi) is 5.09. The lowest BCUT2D eigenvalue weighted by atomic mass is 9.77. The molecule has 0 unspecified atom stereocenters. The second kappa shape index (κ2) is 7.59. The van der Waals surface area contributed by atoms with Crippen LogP contribution in [0.25, 0.3) is 5.69 Å². The zero-order valence-corrected chi connectivity index (χ0v) is 17.6. The number of hydrogen-bond acceptors (Lipinski definition) is 4. The first-order valence-electron chi connectivity index (χ1n) is 10.4. The van der Waals surface area contributed by atoms with Crippen LogP contribution in [0.1, 0.15) is 44.0 Å². The van der Waals surface area contributed by atoms with Gasteiger partial charge in [0.1, 0.15) is 12.1 Å². The standard InChI is InChI=1S/C22H27N5O3/c1-14-9-11-22(12-10-14)20(29)26(21(30)24-22)13-18(28)23-19-15(2)25-27(16(19)3)17-7-5-4-6-8-17/h4-8,14H,9-13H2,1-3H3,(H,23,28)(H,24,30). The maximum absolute atomic E-state index is 13.0. The summed E-state index contributed by atoms with van der Waals surface area (Å²) in [5.74, 6) is -0.161. The summed E-state index contributed by atoms with van der Waals surface area (Å²) in [6.45, 7) is 5.53. The lowest BCUT2D eigenvalue weighted by Gasteiger charge is -2.33. The van der Waals surface area contributed by atoms with Crippen LogP contribution in [-0.2, 0) is 9.59 Å². The predicted octanol–water partition coefficient (Wildman–Crippen LogP) is 2.93. The van der Waals surface area contributed by atoms with Crippen molar-refractivity contribution in [2.75, 3.05) is 11.9 Å². The van der Waals surface area contributed by atoms with Gasteiger partial charge in [0, 0.05) is 0 Å². The molecular formula is C22H27N5O3. The number of imide groups is 1. The van der Waals surface area contributed by atoms with E-state index in [0.717, 1.165) is 29.1 Å². The van der Waals surface area contributed by atoms with E-state index in [0.29, 0.717) is 30.1 Å². The highest BCUT2D eigenvalue weighted by Gasteiger charge is 2.52. The van der Waals surface area contributed by atoms with Crippen molar-refractivity contribution in [2.45, 2.75) is 52.0 Å². The van der Waals surface area contributed by atoms with Gasteiger partial charge in [-0.2, -0.15) is 5.10 Å². The van der Waals surface area contributed by atoms with Crippen molar-refractivity contribution < 1.29 is 14.4 Å². The van der Waals surface area contributed by atoms with Crippen molar-refractivity contribution in [1.82, 2.24) is 20.0 Å². The van der Waals surface area contributed by atoms with E-state index in [-0.39, 0.29) is 12.5 Å². The Bertz CT molecular complexity index is 990. The Morgan fingerprint density at radius 3 is 2.53 bits per heavy atom. The number of amides is 4. The van der Waals surface area contributed by atoms with E-state index in [2.05, 4.69) is 22.7 Å². The minimum absolute atomic E-state index is 0.289. The summed E-state index contributed by atoms with van der Waals surface area (Å²) >= 11 is 0. The van der Waals surface area contributed by atoms with Crippen molar-refractivity contribution in [3.63, 3.8) is 0 Å². The Balaban J connectivity index is 1.47. The number of aromatic nitrogens is 2. The number of nitrogens with zero attached hydrogens (tertiary/aromatic N) is 3. The topological polar surface area (TPSA) is 96.3 Å². The van der Waals surface area contributed by atoms with Crippen LogP contribution in [0.15, 0.2) is 30.3 Å². The van der Waals surface area contributed by atoms with Crippen LogP contribution in [-0.4, -0.2) is 44.6 Å². The zero-order valence-electron chi connectivity index (χ0n) is 17.6. The highest BCUT2D eigenvalue weighted by atomic mass is 16.2. The molecule has 2 aliphatic rings. The summed E-state index contributed by atoms with van der Waals surface area (Å²) in [5.41, 5.74) is 2.09. The van der Waals surface area contributed by atoms with Gasteiger partial charge in [-0.3, -0.25) is 14.5 Å². The highest BCUT2D eigenvalue weighted by Crippen LogP contribution is 2.36. The van der Waals surface area contributed by atoms with Gasteiger partial charge in [0.15, 0.2) is 0 Å². The molecule has 0 atom stereocenters. The molecule has 1 aliphatic heterocycles. The summed E-state index contributed by atoms with van der Waals surface area (Å²) < 4.78 is 1.76. The molecule has 2 heterocycles. The number of benzene rings is 1. The average Bonchev–Trinajstić information content (AvgIpc) is 3.13. The SMILES string of the molecule is Cc1nn(-c2ccccc2)c(C)c1NC(=O)CN1C(=O)NC2(CCC(C)CC2)C1=O. The molecule has 1 saturated heterocycles. The highest BCUT2D eigenvalue weighted by molar-refractivity contribution is 6.10. The molecule has 4 amide bonds. The van der Waals surface area contributed by atoms with Gasteiger partial charge in [-0.25, -0.2) is 9.48 Å². The largest absolute Gasteiger partial charge is 0.325 e. The van der Waals surface area contributed by atoms with Crippen molar-refractivity contribution >= 4 is 23.5 Å². The number of anilines is 1. The fourth-order valence-electron chi connectivity index (χ4n) is 4.38. The molecule has 2 aromatic rings. The molecule has 1 aromatic carbocycles. The van der Waals surface area contributed by atoms with Gasteiger partial charge >= 0.3 is 6.03 Å². The van der Waals surface area contributed by atoms with Crippen LogP contribution < -0.4 is 10.6 Å². The fraction of sp³-hybridized carbons (Fsp3) is 0.455. The Labute approximate surface area is 175 Å². The first-order valence-corrected chi connectivity index (χ1v) is 10.4. The maximum atomic E-state index is 13.0. The minimum atomic E-state index is -0.839. The molecule has 4 rings (SSSR count). The molecule has 2 fully saturated rings. The number of nitrogens with one attached hydrogen (secondary N) is 2. The molecular weight excluding hydrogens is 382 g/mol. The number of para-hydroxylation sites is 1. The maximum Gasteiger partial charge on any atom is 0.325 e. The molecule has 158 valence electrons. The van der Waals surface area contributed by atoms with E-state index in [1.807, 2.05) is 44.2 Å². The molecule has 2 N–H and O–H groups in total. The molecule has 1 aliphatic carbocycles. The van der Waals surface area contributed by atoms with Crippen LogP contribution in [0, 0.1) is 19.8 Å². The van der Waals surface area contributed by atoms with Crippen molar-refractivity contribution in [1.29, 1.82) is 0 Å². The van der Waals surface area contributed by atoms with E-state index < -0.39 is 17.5 Å². The molecule has 1 aromatic heterocycles. The molecule has 30 heavy (non-hydrogen) atoms. The summed E-state index contributed by atoms with van der Waals surface area (Å²) in [7, 11) is 0. The number of urea groups is 1. The van der Waals surface area contributed by atoms with E-state index in [4.69, 9.17) is 0 Å². The fourth-order valence-corrected chi connectivity index (χ4v) is 4.38. The lowest BCUT2D eigenvalue weighted by molar-refractivity contribution is -0.135. The number of hydrogen-bond donors (Lipinski definition) is 2. The third-order valence-electron chi connectivity index (χ3n) is 6.23. The molecule has 1 saturated carbocycles. The Hall–Kier alpha value is -3.16. The second-order valence-corrected chi connectivity index (χ2v) is 8.43. The quantitative estimate of drug-likeness (QED) is 0.759. The molecule has 8 nitrogen and oxygen atoms in total. The number of rotatable bonds is 4. The second-order valence-electron chi connectivity index (χ2n) is 8.43. The van der Waals surface area contributed by atoms with Gasteiger partial charge in [0.25, 0.3) is 5.91 Å². The smallest absolute Gasteiger partial charge is 0.323 e. The van der Waals surface area contributed by atoms with Gasteiger partial charge in [-0.15, -0.1) is 0 Å². The molecule has 0 radical (unpaired) electrons. The van der Waals surface area contributed by atoms with Crippen LogP contribution in [0.5, 0.6) is 0 Å². The van der Waals surface area contributed by atoms with Gasteiger partial charge in [0.2, 0.25) is 5.91 Å². The first-order chi connectivity index (χ1) is 14.3. The first kappa shape index (κ1) is 20.1. The number of carbonyl (C=O) groups is 3. The van der Waals surface area contributed by atoms with Gasteiger partial charge in [0.05, 0.1) is 22.8 Å². The van der Waals surface area contributed by atoms with E-state index in [9.17, 15) is 14.4 Å². The van der Waals surface area contributed by atoms with E-state index in [1.165, 1.54) is 0 Å². The van der Waals surface area contributed by atoms with Crippen LogP contribution >= 0.6 is 0 Å². The molecule has 0 bridgehead atoms. The summed E-state index contributed by atoms with van der Waals surface area (Å²) in [6, 6.07) is 9.15. The lowest BCUT2D eigenvalue weighted by Crippen LogP contribution is -2.49. The summed E-state index contributed by atoms with van der Waals surface area (Å²) in [6.07, 6.45) is 3.03. The Morgan fingerprint density at radius 2 is 1.87 bits per heavy atom. The van der Waals surface area contributed by atoms with E-state index in [1.54, 1.807) is 4.68 Å². The molecule has 8 heteroatoms. The van der Waals surface area contributed by atoms with Crippen LogP contribution in [0.3, 0.4) is 0 Å². The zero-order chi connectivity index (χ0) is 21.5. The Morgan fingerprint density at radius 1 is 1.20 bits per heavy atom. The predicted molar refractivity (Wildman–Crippen MR) is 112 cm³/mol. The van der Waals surface area contributed by atoms with Crippen molar-refractivity contribution in [3.05, 3.63) is 41.7 Å². The average molecular weight is 409 g/mol. The van der Waals surface area contributed by atoms with Gasteiger partial charge in [-0.05, 0) is 57.6 Å². The van der Waals surface area contributed by atoms with Crippen LogP contribution in [0.2, 0.25) is 0 Å². The van der Waals surface area contributed by atoms with E-state index >= 15 is 0 Å². The van der Waals surface area contributed by atoms with Gasteiger partial charge < -0.3 is 10.6 Å². The van der Waals surface area contributed by atoms with Crippen molar-refractivity contribution in [3.8, 4) is 5.69 Å². The monoisotopic (exact) mass is 409 g/mol. The summed E-state index contributed by atoms with van der Waals surface area (Å²) in [5, 5.41) is 10.2. The van der Waals surface area contributed by atoms with Crippen LogP contribution in [0.4, 0.5) is 10.5 Å². The normalized spacial score (nSPS) is 23.7. The summed E-state index contributed by atoms with van der Waals surface area (Å²) in [4.78, 5) is 39.2. The minimum Gasteiger partial charge on any atom is -0.323 e. The molecule has 1 spiro atoms. The number of carbonyl (C=O) groups excluding carboxylic acids is 3. The van der Waals surface area contributed by atoms with Crippen molar-refractivity contribution in [2.24, 2.45) is 5.92 Å². The van der Waals surface area contributed by atoms with Gasteiger partial charge in [-0.1, -0.05) is 25.1 Å². The third kappa shape index (κ3) is 3.46.